The number of nitrogens with one attached hydrogen (secondary N) is 1. The Morgan fingerprint density at radius 3 is 2.95 bits per heavy atom. The van der Waals surface area contributed by atoms with Crippen LogP contribution in [0.1, 0.15) is 5.82 Å². The number of thioether (sulfide) groups is 1. The van der Waals surface area contributed by atoms with Crippen LogP contribution in [0.4, 0.5) is 5.95 Å². The molecule has 0 fully saturated rings. The summed E-state index contributed by atoms with van der Waals surface area (Å²) in [5, 5.41) is 17.0. The van der Waals surface area contributed by atoms with Gasteiger partial charge in [0.05, 0.1) is 23.4 Å². The summed E-state index contributed by atoms with van der Waals surface area (Å²) >= 11 is 7.45. The second kappa shape index (κ2) is 5.92. The van der Waals surface area contributed by atoms with Crippen LogP contribution in [0.3, 0.4) is 0 Å². The van der Waals surface area contributed by atoms with Gasteiger partial charge in [-0.3, -0.25) is 0 Å². The Kier molecular flexibility index (Phi) is 4.00. The molecular weight excluding hydrogens is 312 g/mol. The second-order valence-corrected chi connectivity index (χ2v) is 5.71. The van der Waals surface area contributed by atoms with Gasteiger partial charge in [0, 0.05) is 11.6 Å². The Bertz CT molecular complexity index is 770. The van der Waals surface area contributed by atoms with Crippen LogP contribution in [-0.4, -0.2) is 36.4 Å². The van der Waals surface area contributed by atoms with Crippen molar-refractivity contribution in [3.8, 4) is 0 Å². The first kappa shape index (κ1) is 14.2. The molecule has 9 heteroatoms. The minimum Gasteiger partial charge on any atom is -0.395 e. The first-order valence-electron chi connectivity index (χ1n) is 6.23. The molecule has 0 aliphatic rings. The summed E-state index contributed by atoms with van der Waals surface area (Å²) in [4.78, 5) is 8.61. The molecule has 21 heavy (non-hydrogen) atoms. The van der Waals surface area contributed by atoms with Crippen LogP contribution in [0.25, 0.3) is 11.0 Å². The molecule has 1 aromatic carbocycles. The smallest absolute Gasteiger partial charge is 0.216 e. The molecule has 0 aliphatic heterocycles. The van der Waals surface area contributed by atoms with E-state index < -0.39 is 0 Å². The standard InChI is InChI=1S/C12H13ClN6OS/c13-7-1-2-8-9(5-7)19(3-4-20)10(15-8)6-21-12-16-11(14)17-18-12/h1-2,5,20H,3-4,6H2,(H3,14,16,17,18). The molecule has 0 atom stereocenters. The van der Waals surface area contributed by atoms with Crippen LogP contribution < -0.4 is 5.73 Å². The number of halogens is 1. The first-order valence-corrected chi connectivity index (χ1v) is 7.60. The fourth-order valence-electron chi connectivity index (χ4n) is 2.06. The normalized spacial score (nSPS) is 11.3. The molecule has 3 rings (SSSR count). The van der Waals surface area contributed by atoms with E-state index in [0.29, 0.717) is 22.5 Å². The quantitative estimate of drug-likeness (QED) is 0.616. The third-order valence-corrected chi connectivity index (χ3v) is 4.00. The number of aromatic amines is 1. The lowest BCUT2D eigenvalue weighted by atomic mass is 10.3. The van der Waals surface area contributed by atoms with Gasteiger partial charge in [-0.25, -0.2) is 10.1 Å². The third-order valence-electron chi connectivity index (χ3n) is 2.93. The number of aliphatic hydroxyl groups excluding tert-OH is 1. The van der Waals surface area contributed by atoms with E-state index in [1.165, 1.54) is 11.8 Å². The molecule has 2 aromatic heterocycles. The maximum Gasteiger partial charge on any atom is 0.216 e. The molecule has 7 nitrogen and oxygen atoms in total. The largest absolute Gasteiger partial charge is 0.395 e. The van der Waals surface area contributed by atoms with Crippen molar-refractivity contribution in [1.29, 1.82) is 0 Å². The van der Waals surface area contributed by atoms with E-state index in [2.05, 4.69) is 20.2 Å². The van der Waals surface area contributed by atoms with Gasteiger partial charge in [-0.05, 0) is 18.2 Å². The van der Waals surface area contributed by atoms with Crippen molar-refractivity contribution >= 4 is 40.3 Å². The number of rotatable bonds is 5. The van der Waals surface area contributed by atoms with Crippen LogP contribution in [0.2, 0.25) is 5.02 Å². The zero-order valence-corrected chi connectivity index (χ0v) is 12.5. The van der Waals surface area contributed by atoms with Gasteiger partial charge < -0.3 is 15.4 Å². The monoisotopic (exact) mass is 324 g/mol. The predicted octanol–water partition coefficient (Wildman–Crippen LogP) is 1.67. The average Bonchev–Trinajstić information content (AvgIpc) is 3.02. The third kappa shape index (κ3) is 2.97. The fourth-order valence-corrected chi connectivity index (χ4v) is 2.98. The molecule has 0 unspecified atom stereocenters. The van der Waals surface area contributed by atoms with E-state index >= 15 is 0 Å². The molecule has 0 aliphatic carbocycles. The maximum atomic E-state index is 9.25. The first-order chi connectivity index (χ1) is 10.2. The summed E-state index contributed by atoms with van der Waals surface area (Å²) < 4.78 is 1.95. The minimum atomic E-state index is 0.0310. The summed E-state index contributed by atoms with van der Waals surface area (Å²) in [5.74, 6) is 1.69. The Balaban J connectivity index is 1.91. The summed E-state index contributed by atoms with van der Waals surface area (Å²) in [6.07, 6.45) is 0. The highest BCUT2D eigenvalue weighted by Crippen LogP contribution is 2.25. The number of aromatic nitrogens is 5. The Morgan fingerprint density at radius 2 is 2.24 bits per heavy atom. The average molecular weight is 325 g/mol. The molecular formula is C12H13ClN6OS. The maximum absolute atomic E-state index is 9.25. The molecule has 0 amide bonds. The molecule has 2 heterocycles. The highest BCUT2D eigenvalue weighted by Gasteiger charge is 2.12. The van der Waals surface area contributed by atoms with E-state index in [1.807, 2.05) is 16.7 Å². The van der Waals surface area contributed by atoms with Gasteiger partial charge >= 0.3 is 0 Å². The molecule has 110 valence electrons. The van der Waals surface area contributed by atoms with Crippen LogP contribution in [0.5, 0.6) is 0 Å². The summed E-state index contributed by atoms with van der Waals surface area (Å²) in [6.45, 7) is 0.492. The van der Waals surface area contributed by atoms with Crippen molar-refractivity contribution in [2.75, 3.05) is 12.3 Å². The van der Waals surface area contributed by atoms with Crippen LogP contribution >= 0.6 is 23.4 Å². The summed E-state index contributed by atoms with van der Waals surface area (Å²) in [5.41, 5.74) is 7.24. The van der Waals surface area contributed by atoms with E-state index in [9.17, 15) is 5.11 Å². The lowest BCUT2D eigenvalue weighted by Gasteiger charge is -2.06. The van der Waals surface area contributed by atoms with Gasteiger partial charge in [-0.2, -0.15) is 4.98 Å². The van der Waals surface area contributed by atoms with Gasteiger partial charge in [0.15, 0.2) is 0 Å². The number of benzene rings is 1. The number of aliphatic hydroxyl groups is 1. The summed E-state index contributed by atoms with van der Waals surface area (Å²) in [7, 11) is 0. The Labute approximate surface area is 129 Å². The number of hydrogen-bond donors (Lipinski definition) is 3. The number of imidazole rings is 1. The van der Waals surface area contributed by atoms with E-state index in [0.717, 1.165) is 16.9 Å². The minimum absolute atomic E-state index is 0.0310. The summed E-state index contributed by atoms with van der Waals surface area (Å²) in [6, 6.07) is 5.51. The van der Waals surface area contributed by atoms with Crippen molar-refractivity contribution in [2.24, 2.45) is 0 Å². The topological polar surface area (TPSA) is 106 Å². The lowest BCUT2D eigenvalue weighted by molar-refractivity contribution is 0.276. The molecule has 0 bridgehead atoms. The van der Waals surface area contributed by atoms with E-state index in [-0.39, 0.29) is 12.6 Å². The van der Waals surface area contributed by atoms with Crippen LogP contribution in [-0.2, 0) is 12.3 Å². The van der Waals surface area contributed by atoms with Crippen molar-refractivity contribution in [1.82, 2.24) is 24.7 Å². The van der Waals surface area contributed by atoms with E-state index in [4.69, 9.17) is 17.3 Å². The number of nitrogens with zero attached hydrogens (tertiary/aromatic N) is 4. The Hall–Kier alpha value is -1.77. The molecule has 0 radical (unpaired) electrons. The molecule has 4 N–H and O–H groups in total. The van der Waals surface area contributed by atoms with Crippen molar-refractivity contribution in [3.05, 3.63) is 29.0 Å². The zero-order chi connectivity index (χ0) is 14.8. The number of fused-ring (bicyclic) bond motifs is 1. The Morgan fingerprint density at radius 1 is 1.38 bits per heavy atom. The van der Waals surface area contributed by atoms with Gasteiger partial charge in [-0.15, -0.1) is 5.10 Å². The van der Waals surface area contributed by atoms with Crippen molar-refractivity contribution in [3.63, 3.8) is 0 Å². The van der Waals surface area contributed by atoms with Gasteiger partial charge in [0.25, 0.3) is 0 Å². The van der Waals surface area contributed by atoms with Crippen molar-refractivity contribution < 1.29 is 5.11 Å². The highest BCUT2D eigenvalue weighted by atomic mass is 35.5. The number of hydrogen-bond acceptors (Lipinski definition) is 6. The van der Waals surface area contributed by atoms with Gasteiger partial charge in [0.2, 0.25) is 11.1 Å². The number of anilines is 1. The van der Waals surface area contributed by atoms with Gasteiger partial charge in [-0.1, -0.05) is 23.4 Å². The number of nitrogens with two attached hydrogens (primary N) is 1. The van der Waals surface area contributed by atoms with Crippen LogP contribution in [0.15, 0.2) is 23.4 Å². The second-order valence-electron chi connectivity index (χ2n) is 4.33. The van der Waals surface area contributed by atoms with Crippen molar-refractivity contribution in [2.45, 2.75) is 17.5 Å². The molecule has 0 saturated heterocycles. The highest BCUT2D eigenvalue weighted by molar-refractivity contribution is 7.98. The molecule has 0 spiro atoms. The molecule has 0 saturated carbocycles. The van der Waals surface area contributed by atoms with Gasteiger partial charge in [0.1, 0.15) is 5.82 Å². The molecule has 3 aromatic rings. The fraction of sp³-hybridized carbons (Fsp3) is 0.250. The number of H-pyrrole nitrogens is 1. The predicted molar refractivity (Wildman–Crippen MR) is 82.2 cm³/mol. The number of nitrogen functional groups attached to an aromatic ring is 1. The zero-order valence-electron chi connectivity index (χ0n) is 11.0. The lowest BCUT2D eigenvalue weighted by Crippen LogP contribution is -2.06. The van der Waals surface area contributed by atoms with Crippen LogP contribution in [0, 0.1) is 0 Å². The SMILES string of the molecule is Nc1nc(SCc2nc3ccc(Cl)cc3n2CCO)n[nH]1. The van der Waals surface area contributed by atoms with E-state index in [1.54, 1.807) is 6.07 Å².